The molecule has 26 heteroatoms. The first-order valence-electron chi connectivity index (χ1n) is 16.2. The van der Waals surface area contributed by atoms with E-state index in [1.165, 1.54) is 42.5 Å². The Labute approximate surface area is 472 Å². The van der Waals surface area contributed by atoms with E-state index in [4.69, 9.17) is 35.4 Å². The first-order valence-corrected chi connectivity index (χ1v) is 16.2. The van der Waals surface area contributed by atoms with Crippen molar-refractivity contribution >= 4 is 42.6 Å². The van der Waals surface area contributed by atoms with Gasteiger partial charge in [0.15, 0.2) is 34.5 Å². The number of rotatable bonds is 16. The van der Waals surface area contributed by atoms with E-state index in [0.717, 1.165) is 12.1 Å². The van der Waals surface area contributed by atoms with Crippen molar-refractivity contribution in [3.63, 3.8) is 0 Å². The van der Waals surface area contributed by atoms with Gasteiger partial charge in [0.25, 0.3) is 1.43 Å². The summed E-state index contributed by atoms with van der Waals surface area (Å²) in [6.45, 7) is 4.71. The van der Waals surface area contributed by atoms with Gasteiger partial charge in [0, 0.05) is 11.1 Å². The summed E-state index contributed by atoms with van der Waals surface area (Å²) >= 11 is 3.87. The van der Waals surface area contributed by atoms with Crippen molar-refractivity contribution in [2.75, 3.05) is 0 Å². The molecule has 3 N–H and O–H groups in total. The summed E-state index contributed by atoms with van der Waals surface area (Å²) in [6, 6.07) is 12.0. The summed E-state index contributed by atoms with van der Waals surface area (Å²) in [4.78, 5) is 53.0. The van der Waals surface area contributed by atoms with E-state index in [1.54, 1.807) is 34.9 Å². The second-order valence-electron chi connectivity index (χ2n) is 10.9. The summed E-state index contributed by atoms with van der Waals surface area (Å²) in [5.74, 6) is -3.47. The number of aldehydes is 2. The number of halogens is 8. The molecule has 0 radical (unpaired) electrons. The van der Waals surface area contributed by atoms with Crippen LogP contribution in [0.3, 0.4) is 0 Å². The maximum atomic E-state index is 12.1. The van der Waals surface area contributed by atoms with Crippen LogP contribution < -0.4 is 161 Å². The predicted octanol–water partition coefficient (Wildman–Crippen LogP) is -0.751. The predicted molar refractivity (Wildman–Crippen MR) is 198 cm³/mol. The third-order valence-corrected chi connectivity index (χ3v) is 5.36. The van der Waals surface area contributed by atoms with E-state index in [1.807, 2.05) is 13.8 Å². The Morgan fingerprint density at radius 3 is 1.37 bits per heavy atom. The van der Waals surface area contributed by atoms with Crippen LogP contribution in [-0.2, 0) is 14.5 Å². The first-order chi connectivity index (χ1) is 27.9. The number of aromatic carboxylic acids is 1. The topological polar surface area (TPSA) is 224 Å². The van der Waals surface area contributed by atoms with Crippen molar-refractivity contribution in [1.82, 2.24) is 0 Å². The van der Waals surface area contributed by atoms with Gasteiger partial charge in [-0.3, -0.25) is 14.4 Å². The number of aromatic hydroxyl groups is 1. The molecule has 0 aliphatic rings. The summed E-state index contributed by atoms with van der Waals surface area (Å²) in [7, 11) is 1.75. The van der Waals surface area contributed by atoms with Gasteiger partial charge in [-0.05, 0) is 108 Å². The smallest absolute Gasteiger partial charge is 0.543 e. The van der Waals surface area contributed by atoms with E-state index in [9.17, 15) is 50.2 Å². The Bertz CT molecular complexity index is 1740. The van der Waals surface area contributed by atoms with Crippen LogP contribution in [-0.4, -0.2) is 83.4 Å². The fraction of sp³-hybridized carbons (Fsp3) is 0.351. The van der Waals surface area contributed by atoms with E-state index in [-0.39, 0.29) is 199 Å². The first kappa shape index (κ1) is 72.8. The molecular weight excluding hydrogens is 954 g/mol. The van der Waals surface area contributed by atoms with Gasteiger partial charge in [-0.2, -0.15) is 33.5 Å². The molecule has 0 saturated carbocycles. The second kappa shape index (κ2) is 42.9. The number of hydrogen-bond donors (Lipinski definition) is 3. The number of ether oxygens (including phenoxy) is 5. The minimum atomic E-state index is -4.22. The normalized spacial score (nSPS) is 9.56. The molecule has 63 heavy (non-hydrogen) atoms. The number of phenols is 1. The van der Waals surface area contributed by atoms with Gasteiger partial charge >= 0.3 is 163 Å². The van der Waals surface area contributed by atoms with Gasteiger partial charge in [-0.25, -0.2) is 10.1 Å². The molecule has 0 bridgehead atoms. The van der Waals surface area contributed by atoms with Crippen LogP contribution in [0.1, 0.15) is 80.0 Å². The second-order valence-corrected chi connectivity index (χ2v) is 11.3. The third-order valence-electron chi connectivity index (χ3n) is 5.21. The van der Waals surface area contributed by atoms with E-state index < -0.39 is 30.5 Å². The Morgan fingerprint density at radius 2 is 1.06 bits per heavy atom. The zero-order chi connectivity index (χ0) is 47.2. The quantitative estimate of drug-likeness (QED) is 0.0306. The summed E-state index contributed by atoms with van der Waals surface area (Å²) < 4.78 is 109. The number of carbonyl (C=O) groups is 5. The van der Waals surface area contributed by atoms with Gasteiger partial charge in [0.05, 0.1) is 23.9 Å². The zero-order valence-corrected chi connectivity index (χ0v) is 43.7. The number of phenolic OH excluding ortho intramolecular Hbond substituents is 1. The molecule has 340 valence electrons. The van der Waals surface area contributed by atoms with Crippen molar-refractivity contribution in [3.05, 3.63) is 78.5 Å². The molecular formula is C37H44ClF7K2NaO15+. The third kappa shape index (κ3) is 39.2. The summed E-state index contributed by atoms with van der Waals surface area (Å²) in [5.41, 5.74) is 0.785. The standard InChI is InChI=1S/C11H12F2O4.C11H12F2O3.C10H12O3.C2HClF2O2.CH2F.CH2O3.CH4.2K.Na/c1-6(2)16-9-5-7(10(14)15)3-4-8(9)17-11(12)13;1-7(2)15-10-5-8(6-14)3-4-9(10)16-11(12)13;1-7(2)13-10-5-8(6-11)3-4-9(10)12;3-2(4,5)1(6)7;1-2;2-1-4-3;;;;/h3-6,11H,1-2H3,(H,14,15);3-7,11H,1-2H3;3-7,12H,1-2H3;(H,6,7);1H2;1,3H;1H4;;;/q;;;;-1;;;3*+1/p-1/i/hD. The maximum absolute atomic E-state index is 12.1. The SMILES string of the molecule is C.CC(C)Oc1cc(C(=O)O)ccc1OC(F)F.CC(C)Oc1cc(C=O)ccc1O.CC(C)Oc1cc(C=O)ccc1OC(F)F.O=C([O-])C(F)(F)Cl.[2H]OOC=O.[CH2-]F.[K+].[K+].[Na+]. The number of carboxylic acids is 2. The number of hydrogen-bond acceptors (Lipinski definition) is 14. The van der Waals surface area contributed by atoms with Gasteiger partial charge < -0.3 is 53.1 Å². The molecule has 15 nitrogen and oxygen atoms in total. The molecule has 0 unspecified atom stereocenters. The van der Waals surface area contributed by atoms with Crippen molar-refractivity contribution in [3.8, 4) is 34.5 Å². The van der Waals surface area contributed by atoms with Crippen LogP contribution in [0.25, 0.3) is 1.43 Å². The molecule has 3 rings (SSSR count). The fourth-order valence-corrected chi connectivity index (χ4v) is 3.27. The van der Waals surface area contributed by atoms with Crippen molar-refractivity contribution in [2.45, 2.75) is 85.9 Å². The van der Waals surface area contributed by atoms with Crippen LogP contribution >= 0.6 is 11.6 Å². The Kier molecular flexibility index (Phi) is 49.5. The fourth-order valence-electron chi connectivity index (χ4n) is 3.27. The zero-order valence-electron chi connectivity index (χ0n) is 35.7. The minimum absolute atomic E-state index is 0. The van der Waals surface area contributed by atoms with Crippen molar-refractivity contribution in [1.29, 1.82) is 1.43 Å². The Morgan fingerprint density at radius 1 is 0.714 bits per heavy atom. The molecule has 0 aromatic heterocycles. The van der Waals surface area contributed by atoms with E-state index in [0.29, 0.717) is 29.4 Å². The van der Waals surface area contributed by atoms with Gasteiger partial charge in [0.2, 0.25) is 0 Å². The van der Waals surface area contributed by atoms with Gasteiger partial charge in [-0.1, -0.05) is 7.43 Å². The van der Waals surface area contributed by atoms with Crippen molar-refractivity contribution < 1.29 is 236 Å². The largest absolute Gasteiger partial charge is 1.00 e. The maximum Gasteiger partial charge on any atom is 1.00 e. The molecule has 0 saturated heterocycles. The molecule has 0 atom stereocenters. The molecule has 3 aromatic rings. The van der Waals surface area contributed by atoms with Crippen LogP contribution in [0, 0.1) is 7.18 Å². The summed E-state index contributed by atoms with van der Waals surface area (Å²) in [6.07, 6.45) is 0.834. The van der Waals surface area contributed by atoms with Crippen molar-refractivity contribution in [2.24, 2.45) is 0 Å². The monoisotopic (exact) mass is 998 g/mol. The average Bonchev–Trinajstić information content (AvgIpc) is 3.14. The molecule has 0 fully saturated rings. The Balaban J connectivity index is -0.000000130. The molecule has 3 aromatic carbocycles. The van der Waals surface area contributed by atoms with Crippen LogP contribution in [0.15, 0.2) is 54.6 Å². The number of benzene rings is 3. The van der Waals surface area contributed by atoms with Crippen LogP contribution in [0.4, 0.5) is 30.7 Å². The number of aliphatic carboxylic acids is 1. The molecule has 0 heterocycles. The minimum Gasteiger partial charge on any atom is -0.543 e. The van der Waals surface area contributed by atoms with Crippen LogP contribution in [0.2, 0.25) is 0 Å². The average molecular weight is 999 g/mol. The van der Waals surface area contributed by atoms with E-state index >= 15 is 0 Å². The van der Waals surface area contributed by atoms with E-state index in [2.05, 4.69) is 31.2 Å². The Hall–Kier alpha value is -1.76. The molecule has 0 spiro atoms. The van der Waals surface area contributed by atoms with Gasteiger partial charge in [-0.15, -0.1) is 0 Å². The molecule has 0 aliphatic carbocycles. The van der Waals surface area contributed by atoms with Crippen LogP contribution in [0.5, 0.6) is 34.5 Å². The number of carbonyl (C=O) groups excluding carboxylic acids is 4. The van der Waals surface area contributed by atoms with Gasteiger partial charge in [0.1, 0.15) is 18.5 Å². The number of alkyl halides is 7. The summed E-state index contributed by atoms with van der Waals surface area (Å²) in [5, 5.41) is 26.0. The number of carboxylic acid groups (broad SMARTS) is 2. The molecule has 0 amide bonds. The molecule has 0 aliphatic heterocycles.